The summed E-state index contributed by atoms with van der Waals surface area (Å²) < 4.78 is 0.886. The summed E-state index contributed by atoms with van der Waals surface area (Å²) in [6.45, 7) is 2.04. The van der Waals surface area contributed by atoms with E-state index in [2.05, 4.69) is 16.7 Å². The molecule has 1 aliphatic heterocycles. The standard InChI is InChI=1S/C14H21ClN2S/c15-14-6-5-12(18-14)9-16-8-11-7-10-3-1-2-4-13(10)17-11/h5-6,10-11,13,16-17H,1-4,7-9H2. The highest BCUT2D eigenvalue weighted by molar-refractivity contribution is 7.16. The minimum Gasteiger partial charge on any atom is -0.310 e. The third kappa shape index (κ3) is 3.08. The molecule has 0 aromatic carbocycles. The van der Waals surface area contributed by atoms with Gasteiger partial charge in [0, 0.05) is 30.1 Å². The monoisotopic (exact) mass is 284 g/mol. The van der Waals surface area contributed by atoms with Crippen molar-refractivity contribution in [1.82, 2.24) is 10.6 Å². The van der Waals surface area contributed by atoms with Gasteiger partial charge < -0.3 is 10.6 Å². The lowest BCUT2D eigenvalue weighted by molar-refractivity contribution is 0.325. The topological polar surface area (TPSA) is 24.1 Å². The maximum Gasteiger partial charge on any atom is 0.0931 e. The summed E-state index contributed by atoms with van der Waals surface area (Å²) in [5.41, 5.74) is 0. The van der Waals surface area contributed by atoms with Gasteiger partial charge in [-0.3, -0.25) is 0 Å². The lowest BCUT2D eigenvalue weighted by Gasteiger charge is -2.24. The molecule has 3 unspecified atom stereocenters. The molecule has 2 heterocycles. The van der Waals surface area contributed by atoms with Gasteiger partial charge in [0.2, 0.25) is 0 Å². The molecule has 2 nitrogen and oxygen atoms in total. The molecular formula is C14H21ClN2S. The largest absolute Gasteiger partial charge is 0.310 e. The summed E-state index contributed by atoms with van der Waals surface area (Å²) in [6.07, 6.45) is 7.05. The van der Waals surface area contributed by atoms with Crippen LogP contribution in [0.25, 0.3) is 0 Å². The van der Waals surface area contributed by atoms with Crippen LogP contribution in [0.15, 0.2) is 12.1 Å². The molecule has 2 aliphatic rings. The molecule has 18 heavy (non-hydrogen) atoms. The van der Waals surface area contributed by atoms with Crippen molar-refractivity contribution in [2.24, 2.45) is 5.92 Å². The fourth-order valence-electron chi connectivity index (χ4n) is 3.40. The molecule has 3 atom stereocenters. The molecule has 0 amide bonds. The van der Waals surface area contributed by atoms with Gasteiger partial charge in [0.25, 0.3) is 0 Å². The first-order valence-electron chi connectivity index (χ1n) is 7.02. The zero-order chi connectivity index (χ0) is 12.4. The van der Waals surface area contributed by atoms with Crippen LogP contribution in [0.2, 0.25) is 4.34 Å². The van der Waals surface area contributed by atoms with E-state index in [9.17, 15) is 0 Å². The average molecular weight is 285 g/mol. The van der Waals surface area contributed by atoms with E-state index in [0.717, 1.165) is 29.4 Å². The van der Waals surface area contributed by atoms with Crippen molar-refractivity contribution >= 4 is 22.9 Å². The van der Waals surface area contributed by atoms with Gasteiger partial charge in [-0.1, -0.05) is 24.4 Å². The number of thiophene rings is 1. The minimum atomic E-state index is 0.675. The Bertz CT molecular complexity index is 379. The highest BCUT2D eigenvalue weighted by Gasteiger charge is 2.34. The zero-order valence-electron chi connectivity index (χ0n) is 10.6. The first-order chi connectivity index (χ1) is 8.81. The van der Waals surface area contributed by atoms with E-state index in [1.54, 1.807) is 11.3 Å². The summed E-state index contributed by atoms with van der Waals surface area (Å²) in [7, 11) is 0. The van der Waals surface area contributed by atoms with E-state index < -0.39 is 0 Å². The third-order valence-corrected chi connectivity index (χ3v) is 5.50. The van der Waals surface area contributed by atoms with E-state index in [0.29, 0.717) is 6.04 Å². The van der Waals surface area contributed by atoms with Crippen LogP contribution in [0, 0.1) is 5.92 Å². The first-order valence-corrected chi connectivity index (χ1v) is 8.21. The SMILES string of the molecule is Clc1ccc(CNCC2CC3CCCCC3N2)s1. The third-order valence-electron chi connectivity index (χ3n) is 4.26. The number of fused-ring (bicyclic) bond motifs is 1. The Morgan fingerprint density at radius 3 is 3.00 bits per heavy atom. The van der Waals surface area contributed by atoms with Crippen LogP contribution < -0.4 is 10.6 Å². The molecule has 0 radical (unpaired) electrons. The highest BCUT2D eigenvalue weighted by atomic mass is 35.5. The Morgan fingerprint density at radius 2 is 2.22 bits per heavy atom. The van der Waals surface area contributed by atoms with Crippen molar-refractivity contribution in [3.05, 3.63) is 21.3 Å². The van der Waals surface area contributed by atoms with E-state index in [4.69, 9.17) is 11.6 Å². The van der Waals surface area contributed by atoms with Crippen molar-refractivity contribution in [2.75, 3.05) is 6.54 Å². The smallest absolute Gasteiger partial charge is 0.0931 e. The molecule has 2 N–H and O–H groups in total. The zero-order valence-corrected chi connectivity index (χ0v) is 12.2. The number of rotatable bonds is 4. The second-order valence-corrected chi connectivity index (χ2v) is 7.39. The molecule has 1 aliphatic carbocycles. The number of hydrogen-bond donors (Lipinski definition) is 2. The minimum absolute atomic E-state index is 0.675. The predicted molar refractivity (Wildman–Crippen MR) is 78.3 cm³/mol. The van der Waals surface area contributed by atoms with Crippen molar-refractivity contribution in [2.45, 2.75) is 50.7 Å². The van der Waals surface area contributed by atoms with Crippen LogP contribution in [-0.4, -0.2) is 18.6 Å². The summed E-state index contributed by atoms with van der Waals surface area (Å²) in [4.78, 5) is 1.33. The molecule has 1 saturated heterocycles. The van der Waals surface area contributed by atoms with Gasteiger partial charge in [-0.05, 0) is 37.3 Å². The van der Waals surface area contributed by atoms with Crippen molar-refractivity contribution in [1.29, 1.82) is 0 Å². The summed E-state index contributed by atoms with van der Waals surface area (Å²) in [5.74, 6) is 0.946. The van der Waals surface area contributed by atoms with E-state index >= 15 is 0 Å². The Hall–Kier alpha value is -0.0900. The van der Waals surface area contributed by atoms with Gasteiger partial charge in [-0.25, -0.2) is 0 Å². The van der Waals surface area contributed by atoms with Crippen molar-refractivity contribution < 1.29 is 0 Å². The molecule has 0 spiro atoms. The molecular weight excluding hydrogens is 264 g/mol. The lowest BCUT2D eigenvalue weighted by atomic mass is 9.85. The maximum absolute atomic E-state index is 5.93. The van der Waals surface area contributed by atoms with Gasteiger partial charge in [-0.15, -0.1) is 11.3 Å². The summed E-state index contributed by atoms with van der Waals surface area (Å²) in [5, 5.41) is 7.36. The van der Waals surface area contributed by atoms with Gasteiger partial charge in [0.15, 0.2) is 0 Å². The van der Waals surface area contributed by atoms with Crippen LogP contribution >= 0.6 is 22.9 Å². The van der Waals surface area contributed by atoms with E-state index in [1.807, 2.05) is 6.07 Å². The maximum atomic E-state index is 5.93. The Kier molecular flexibility index (Phi) is 4.24. The molecule has 3 rings (SSSR count). The number of nitrogens with one attached hydrogen (secondary N) is 2. The van der Waals surface area contributed by atoms with Gasteiger partial charge in [-0.2, -0.15) is 0 Å². The molecule has 1 aromatic heterocycles. The lowest BCUT2D eigenvalue weighted by Crippen LogP contribution is -2.38. The first kappa shape index (κ1) is 12.9. The van der Waals surface area contributed by atoms with Gasteiger partial charge >= 0.3 is 0 Å². The molecule has 0 bridgehead atoms. The van der Waals surface area contributed by atoms with Crippen LogP contribution in [0.1, 0.15) is 37.0 Å². The highest BCUT2D eigenvalue weighted by Crippen LogP contribution is 2.33. The van der Waals surface area contributed by atoms with E-state index in [-0.39, 0.29) is 0 Å². The Balaban J connectivity index is 1.41. The number of hydrogen-bond acceptors (Lipinski definition) is 3. The average Bonchev–Trinajstić information content (AvgIpc) is 2.95. The molecule has 1 aromatic rings. The predicted octanol–water partition coefficient (Wildman–Crippen LogP) is 3.41. The van der Waals surface area contributed by atoms with Crippen LogP contribution in [0.3, 0.4) is 0 Å². The van der Waals surface area contributed by atoms with Crippen molar-refractivity contribution in [3.63, 3.8) is 0 Å². The number of halogens is 1. The van der Waals surface area contributed by atoms with Gasteiger partial charge in [0.05, 0.1) is 4.34 Å². The normalized spacial score (nSPS) is 31.5. The molecule has 4 heteroatoms. The fraction of sp³-hybridized carbons (Fsp3) is 0.714. The van der Waals surface area contributed by atoms with Crippen LogP contribution in [-0.2, 0) is 6.54 Å². The fourth-order valence-corrected chi connectivity index (χ4v) is 4.46. The summed E-state index contributed by atoms with van der Waals surface area (Å²) in [6, 6.07) is 5.57. The Morgan fingerprint density at radius 1 is 1.33 bits per heavy atom. The quantitative estimate of drug-likeness (QED) is 0.885. The summed E-state index contributed by atoms with van der Waals surface area (Å²) >= 11 is 7.60. The van der Waals surface area contributed by atoms with Crippen LogP contribution in [0.5, 0.6) is 0 Å². The molecule has 2 fully saturated rings. The molecule has 1 saturated carbocycles. The van der Waals surface area contributed by atoms with E-state index in [1.165, 1.54) is 37.0 Å². The van der Waals surface area contributed by atoms with Crippen molar-refractivity contribution in [3.8, 4) is 0 Å². The second-order valence-electron chi connectivity index (χ2n) is 5.59. The van der Waals surface area contributed by atoms with Crippen LogP contribution in [0.4, 0.5) is 0 Å². The molecule has 100 valence electrons. The second kappa shape index (κ2) is 5.91. The Labute approximate surface area is 118 Å². The van der Waals surface area contributed by atoms with Gasteiger partial charge in [0.1, 0.15) is 0 Å².